The molecule has 1 aromatic rings. The zero-order valence-corrected chi connectivity index (χ0v) is 6.73. The van der Waals surface area contributed by atoms with E-state index in [1.165, 1.54) is 0 Å². The fourth-order valence-corrected chi connectivity index (χ4v) is 0.918. The van der Waals surface area contributed by atoms with E-state index in [1.807, 2.05) is 12.1 Å². The number of nitrogens with zero attached hydrogens (tertiary/aromatic N) is 1. The molecule has 0 aliphatic heterocycles. The molecule has 0 fully saturated rings. The van der Waals surface area contributed by atoms with Crippen LogP contribution in [-0.2, 0) is 4.79 Å². The molecule has 0 aromatic heterocycles. The van der Waals surface area contributed by atoms with E-state index < -0.39 is 0 Å². The number of hydrogen-bond donors (Lipinski definition) is 0. The Labute approximate surface area is 72.1 Å². The lowest BCUT2D eigenvalue weighted by atomic mass is 10.3. The Morgan fingerprint density at radius 3 is 2.67 bits per heavy atom. The highest BCUT2D eigenvalue weighted by Gasteiger charge is 1.99. The number of rotatable bonds is 4. The Hall–Kier alpha value is -1.57. The van der Waals surface area contributed by atoms with Gasteiger partial charge in [-0.15, -0.1) is 6.58 Å². The van der Waals surface area contributed by atoms with Crippen molar-refractivity contribution in [2.75, 3.05) is 11.4 Å². The second kappa shape index (κ2) is 4.34. The number of anilines is 1. The Bertz CT molecular complexity index is 256. The molecule has 1 radical (unpaired) electrons. The predicted octanol–water partition coefficient (Wildman–Crippen LogP) is 1.64. The smallest absolute Gasteiger partial charge is 0.214 e. The first-order valence-electron chi connectivity index (χ1n) is 3.67. The molecule has 0 unspecified atom stereocenters. The van der Waals surface area contributed by atoms with Crippen molar-refractivity contribution in [2.24, 2.45) is 0 Å². The molecule has 0 saturated carbocycles. The van der Waals surface area contributed by atoms with Crippen LogP contribution in [0.5, 0.6) is 0 Å². The summed E-state index contributed by atoms with van der Waals surface area (Å²) in [5.74, 6) is 0. The fourth-order valence-electron chi connectivity index (χ4n) is 0.918. The van der Waals surface area contributed by atoms with Crippen molar-refractivity contribution < 1.29 is 4.79 Å². The zero-order valence-electron chi connectivity index (χ0n) is 6.73. The van der Waals surface area contributed by atoms with Gasteiger partial charge in [-0.2, -0.15) is 0 Å². The van der Waals surface area contributed by atoms with Crippen LogP contribution in [0.15, 0.2) is 36.9 Å². The third-order valence-electron chi connectivity index (χ3n) is 1.49. The summed E-state index contributed by atoms with van der Waals surface area (Å²) >= 11 is 0. The number of benzene rings is 1. The minimum atomic E-state index is 0.535. The van der Waals surface area contributed by atoms with Crippen LogP contribution in [0.1, 0.15) is 0 Å². The van der Waals surface area contributed by atoms with Gasteiger partial charge in [0.2, 0.25) is 6.41 Å². The van der Waals surface area contributed by atoms with E-state index in [9.17, 15) is 4.79 Å². The van der Waals surface area contributed by atoms with E-state index in [4.69, 9.17) is 0 Å². The Morgan fingerprint density at radius 2 is 2.17 bits per heavy atom. The zero-order chi connectivity index (χ0) is 8.81. The molecule has 2 nitrogen and oxygen atoms in total. The molecule has 0 N–H and O–H groups in total. The highest BCUT2D eigenvalue weighted by atomic mass is 16.1. The molecule has 2 heteroatoms. The summed E-state index contributed by atoms with van der Waals surface area (Å²) in [6, 6.07) is 10.1. The number of carbonyl (C=O) groups is 1. The quantitative estimate of drug-likeness (QED) is 0.484. The maximum absolute atomic E-state index is 10.6. The van der Waals surface area contributed by atoms with Gasteiger partial charge < -0.3 is 4.90 Å². The van der Waals surface area contributed by atoms with Crippen molar-refractivity contribution in [3.8, 4) is 0 Å². The monoisotopic (exact) mass is 160 g/mol. The van der Waals surface area contributed by atoms with Gasteiger partial charge >= 0.3 is 0 Å². The third kappa shape index (κ3) is 1.95. The van der Waals surface area contributed by atoms with Crippen molar-refractivity contribution in [2.45, 2.75) is 0 Å². The van der Waals surface area contributed by atoms with E-state index in [-0.39, 0.29) is 0 Å². The first-order chi connectivity index (χ1) is 5.88. The van der Waals surface area contributed by atoms with E-state index in [0.29, 0.717) is 6.54 Å². The second-order valence-electron chi connectivity index (χ2n) is 2.30. The van der Waals surface area contributed by atoms with Gasteiger partial charge in [0.15, 0.2) is 0 Å². The molecule has 0 bridgehead atoms. The lowest BCUT2D eigenvalue weighted by molar-refractivity contribution is -0.107. The summed E-state index contributed by atoms with van der Waals surface area (Å²) in [5, 5.41) is 0. The molecular weight excluding hydrogens is 150 g/mol. The van der Waals surface area contributed by atoms with E-state index in [0.717, 1.165) is 12.1 Å². The van der Waals surface area contributed by atoms with Crippen molar-refractivity contribution in [3.05, 3.63) is 43.0 Å². The van der Waals surface area contributed by atoms with Crippen LogP contribution < -0.4 is 4.90 Å². The maximum Gasteiger partial charge on any atom is 0.214 e. The predicted molar refractivity (Wildman–Crippen MR) is 48.9 cm³/mol. The summed E-state index contributed by atoms with van der Waals surface area (Å²) in [7, 11) is 0. The van der Waals surface area contributed by atoms with Gasteiger partial charge in [-0.3, -0.25) is 4.79 Å². The molecule has 0 heterocycles. The van der Waals surface area contributed by atoms with Crippen LogP contribution in [0.4, 0.5) is 5.69 Å². The average Bonchev–Trinajstić information content (AvgIpc) is 2.15. The lowest BCUT2D eigenvalue weighted by Gasteiger charge is -2.14. The molecule has 1 rings (SSSR count). The molecule has 1 amide bonds. The Kier molecular flexibility index (Phi) is 3.08. The molecule has 0 spiro atoms. The van der Waals surface area contributed by atoms with Gasteiger partial charge in [0.05, 0.1) is 0 Å². The summed E-state index contributed by atoms with van der Waals surface area (Å²) in [6.07, 6.45) is 2.47. The van der Waals surface area contributed by atoms with Crippen LogP contribution in [0.3, 0.4) is 0 Å². The molecule has 1 aromatic carbocycles. The number of carbonyl (C=O) groups excluding carboxylic acids is 1. The first-order valence-corrected chi connectivity index (χ1v) is 3.67. The van der Waals surface area contributed by atoms with Crippen molar-refractivity contribution in [1.29, 1.82) is 0 Å². The largest absolute Gasteiger partial charge is 0.311 e. The highest BCUT2D eigenvalue weighted by Crippen LogP contribution is 2.09. The minimum absolute atomic E-state index is 0.535. The maximum atomic E-state index is 10.6. The third-order valence-corrected chi connectivity index (χ3v) is 1.49. The van der Waals surface area contributed by atoms with Gasteiger partial charge in [-0.1, -0.05) is 18.2 Å². The molecule has 0 saturated heterocycles. The molecular formula is C10H10NO. The van der Waals surface area contributed by atoms with Gasteiger partial charge in [-0.25, -0.2) is 0 Å². The molecule has 0 atom stereocenters. The van der Waals surface area contributed by atoms with Crippen LogP contribution in [0, 0.1) is 6.07 Å². The average molecular weight is 160 g/mol. The normalized spacial score (nSPS) is 9.00. The van der Waals surface area contributed by atoms with Crippen LogP contribution in [0.25, 0.3) is 0 Å². The molecule has 61 valence electrons. The Morgan fingerprint density at radius 1 is 1.50 bits per heavy atom. The van der Waals surface area contributed by atoms with Gasteiger partial charge in [-0.05, 0) is 18.2 Å². The van der Waals surface area contributed by atoms with Gasteiger partial charge in [0.1, 0.15) is 0 Å². The lowest BCUT2D eigenvalue weighted by Crippen LogP contribution is -2.20. The van der Waals surface area contributed by atoms with Gasteiger partial charge in [0.25, 0.3) is 0 Å². The molecule has 0 aliphatic carbocycles. The molecule has 12 heavy (non-hydrogen) atoms. The van der Waals surface area contributed by atoms with E-state index >= 15 is 0 Å². The molecule has 0 aliphatic rings. The van der Waals surface area contributed by atoms with Crippen molar-refractivity contribution in [1.82, 2.24) is 0 Å². The highest BCUT2D eigenvalue weighted by molar-refractivity contribution is 5.75. The minimum Gasteiger partial charge on any atom is -0.311 e. The second-order valence-corrected chi connectivity index (χ2v) is 2.30. The summed E-state index contributed by atoms with van der Waals surface area (Å²) in [4.78, 5) is 12.1. The van der Waals surface area contributed by atoms with Crippen molar-refractivity contribution in [3.63, 3.8) is 0 Å². The number of hydrogen-bond acceptors (Lipinski definition) is 1. The summed E-state index contributed by atoms with van der Waals surface area (Å²) < 4.78 is 0. The van der Waals surface area contributed by atoms with Crippen LogP contribution >= 0.6 is 0 Å². The fraction of sp³-hybridized carbons (Fsp3) is 0.100. The summed E-state index contributed by atoms with van der Waals surface area (Å²) in [5.41, 5.74) is 0.864. The SMILES string of the molecule is C=CCN(C=O)c1cc[c]cc1. The van der Waals surface area contributed by atoms with E-state index in [2.05, 4.69) is 12.6 Å². The summed E-state index contributed by atoms with van der Waals surface area (Å²) in [6.45, 7) is 4.10. The van der Waals surface area contributed by atoms with Crippen LogP contribution in [0.2, 0.25) is 0 Å². The van der Waals surface area contributed by atoms with Crippen molar-refractivity contribution >= 4 is 12.1 Å². The van der Waals surface area contributed by atoms with Gasteiger partial charge in [0, 0.05) is 12.2 Å². The number of amides is 1. The van der Waals surface area contributed by atoms with Crippen LogP contribution in [-0.4, -0.2) is 13.0 Å². The van der Waals surface area contributed by atoms with E-state index in [1.54, 1.807) is 23.1 Å². The topological polar surface area (TPSA) is 20.3 Å². The standard InChI is InChI=1S/C10H10NO/c1-2-8-11(9-12)10-6-4-3-5-7-10/h2,4-7,9H,1,8H2. The Balaban J connectivity index is 2.79. The first kappa shape index (κ1) is 8.53.